The Morgan fingerprint density at radius 2 is 1.94 bits per heavy atom. The van der Waals surface area contributed by atoms with Crippen LogP contribution in [0.4, 0.5) is 0 Å². The second kappa shape index (κ2) is 9.73. The molecule has 2 heterocycles. The number of hydrogen-bond acceptors (Lipinski definition) is 7. The third-order valence-corrected chi connectivity index (χ3v) is 7.91. The van der Waals surface area contributed by atoms with E-state index in [1.54, 1.807) is 38.3 Å². The van der Waals surface area contributed by atoms with Crippen molar-refractivity contribution in [2.45, 2.75) is 56.7 Å². The quantitative estimate of drug-likeness (QED) is 0.534. The molecule has 0 bridgehead atoms. The Balaban J connectivity index is 1.92. The summed E-state index contributed by atoms with van der Waals surface area (Å²) in [5.41, 5.74) is 0.903. The maximum absolute atomic E-state index is 13.9. The second-order valence-corrected chi connectivity index (χ2v) is 10.4. The van der Waals surface area contributed by atoms with E-state index in [9.17, 15) is 13.2 Å². The van der Waals surface area contributed by atoms with Gasteiger partial charge in [-0.3, -0.25) is 4.99 Å². The minimum Gasteiger partial charge on any atom is -0.497 e. The summed E-state index contributed by atoms with van der Waals surface area (Å²) >= 11 is 0. The second-order valence-electron chi connectivity index (χ2n) is 8.58. The van der Waals surface area contributed by atoms with Gasteiger partial charge < -0.3 is 14.2 Å². The van der Waals surface area contributed by atoms with Crippen molar-refractivity contribution in [3.05, 3.63) is 64.9 Å². The van der Waals surface area contributed by atoms with Crippen LogP contribution in [0, 0.1) is 6.92 Å². The average molecular weight is 499 g/mol. The number of carbonyl (C=O) groups is 1. The molecule has 4 rings (SSSR count). The molecule has 0 amide bonds. The van der Waals surface area contributed by atoms with Gasteiger partial charge in [0.2, 0.25) is 11.8 Å². The van der Waals surface area contributed by atoms with Crippen molar-refractivity contribution in [3.63, 3.8) is 0 Å². The molecule has 8 nitrogen and oxygen atoms in total. The number of ether oxygens (including phenoxy) is 3. The minimum atomic E-state index is -4.12. The average Bonchev–Trinajstić information content (AvgIpc) is 3.11. The molecule has 2 aromatic rings. The van der Waals surface area contributed by atoms with Gasteiger partial charge in [-0.2, -0.15) is 0 Å². The standard InChI is InChI=1S/C26H30N2O6S/c1-5-7-22-14-19-10-11-21(32-4)15-20(19)16-26(34-22)24(25(29)33-6-2)27-17-28(26)35(30,31)23-12-8-18(3)9-13-23/h8-15,17,24H,5-7,16H2,1-4H3/t24-,26-/m0/s1. The molecule has 2 aliphatic rings. The maximum Gasteiger partial charge on any atom is 0.337 e. The normalized spacial score (nSPS) is 21.2. The van der Waals surface area contributed by atoms with Crippen molar-refractivity contribution < 1.29 is 27.4 Å². The Kier molecular flexibility index (Phi) is 6.89. The van der Waals surface area contributed by atoms with Crippen LogP contribution >= 0.6 is 0 Å². The predicted octanol–water partition coefficient (Wildman–Crippen LogP) is 4.08. The van der Waals surface area contributed by atoms with E-state index >= 15 is 0 Å². The molecule has 0 fully saturated rings. The molecule has 0 N–H and O–H groups in total. The number of benzene rings is 2. The Morgan fingerprint density at radius 1 is 1.20 bits per heavy atom. The number of methoxy groups -OCH3 is 1. The van der Waals surface area contributed by atoms with Gasteiger partial charge in [-0.05, 0) is 61.7 Å². The van der Waals surface area contributed by atoms with Crippen molar-refractivity contribution in [2.24, 2.45) is 4.99 Å². The Bertz CT molecular complexity index is 1270. The monoisotopic (exact) mass is 498 g/mol. The summed E-state index contributed by atoms with van der Waals surface area (Å²) in [6, 6.07) is 10.9. The first-order valence-corrected chi connectivity index (χ1v) is 13.1. The molecule has 2 aromatic carbocycles. The number of allylic oxidation sites excluding steroid dienone is 1. The summed E-state index contributed by atoms with van der Waals surface area (Å²) in [6.07, 6.45) is 4.47. The number of aliphatic imine (C=N–C) groups is 1. The SMILES string of the molecule is CCCC1=Cc2ccc(OC)cc2C[C@]2(O1)[C@H](C(=O)OCC)N=CN2S(=O)(=O)c1ccc(C)cc1. The van der Waals surface area contributed by atoms with E-state index in [0.717, 1.165) is 27.4 Å². The van der Waals surface area contributed by atoms with Crippen LogP contribution in [0.5, 0.6) is 5.75 Å². The maximum atomic E-state index is 13.9. The van der Waals surface area contributed by atoms with Crippen LogP contribution in [0.15, 0.2) is 58.1 Å². The highest BCUT2D eigenvalue weighted by Crippen LogP contribution is 2.42. The first-order chi connectivity index (χ1) is 16.7. The highest BCUT2D eigenvalue weighted by molar-refractivity contribution is 7.89. The van der Waals surface area contributed by atoms with Crippen molar-refractivity contribution in [1.29, 1.82) is 0 Å². The number of carbonyl (C=O) groups excluding carboxylic acids is 1. The molecule has 0 saturated heterocycles. The summed E-state index contributed by atoms with van der Waals surface area (Å²) in [6.45, 7) is 5.71. The lowest BCUT2D eigenvalue weighted by atomic mass is 9.93. The van der Waals surface area contributed by atoms with Gasteiger partial charge in [0, 0.05) is 12.8 Å². The Labute approximate surface area is 206 Å². The molecule has 186 valence electrons. The minimum absolute atomic E-state index is 0.0673. The van der Waals surface area contributed by atoms with Gasteiger partial charge in [0.05, 0.1) is 18.6 Å². The number of nitrogens with zero attached hydrogens (tertiary/aromatic N) is 2. The van der Waals surface area contributed by atoms with Gasteiger partial charge >= 0.3 is 5.97 Å². The fourth-order valence-electron chi connectivity index (χ4n) is 4.40. The Morgan fingerprint density at radius 3 is 2.60 bits per heavy atom. The van der Waals surface area contributed by atoms with Crippen molar-refractivity contribution >= 4 is 28.4 Å². The van der Waals surface area contributed by atoms with Crippen molar-refractivity contribution in [1.82, 2.24) is 4.31 Å². The fraction of sp³-hybridized carbons (Fsp3) is 0.385. The van der Waals surface area contributed by atoms with Gasteiger partial charge in [0.25, 0.3) is 10.0 Å². The molecular formula is C26H30N2O6S. The van der Waals surface area contributed by atoms with Gasteiger partial charge in [-0.25, -0.2) is 17.5 Å². The van der Waals surface area contributed by atoms with Crippen LogP contribution < -0.4 is 4.74 Å². The number of fused-ring (bicyclic) bond motifs is 1. The van der Waals surface area contributed by atoms with Crippen LogP contribution in [0.1, 0.15) is 43.4 Å². The van der Waals surface area contributed by atoms with E-state index < -0.39 is 27.8 Å². The molecule has 0 saturated carbocycles. The summed E-state index contributed by atoms with van der Waals surface area (Å²) in [4.78, 5) is 17.5. The lowest BCUT2D eigenvalue weighted by molar-refractivity contribution is -0.156. The molecule has 9 heteroatoms. The summed E-state index contributed by atoms with van der Waals surface area (Å²) in [5.74, 6) is 0.540. The molecule has 0 aromatic heterocycles. The molecular weight excluding hydrogens is 468 g/mol. The molecule has 35 heavy (non-hydrogen) atoms. The van der Waals surface area contributed by atoms with Gasteiger partial charge in [-0.1, -0.05) is 30.7 Å². The Hall–Kier alpha value is -3.33. The molecule has 2 aliphatic heterocycles. The molecule has 2 atom stereocenters. The topological polar surface area (TPSA) is 94.5 Å². The van der Waals surface area contributed by atoms with E-state index in [2.05, 4.69) is 4.99 Å². The van der Waals surface area contributed by atoms with Gasteiger partial charge in [0.1, 0.15) is 17.8 Å². The fourth-order valence-corrected chi connectivity index (χ4v) is 5.90. The lowest BCUT2D eigenvalue weighted by Gasteiger charge is -2.40. The summed E-state index contributed by atoms with van der Waals surface area (Å²) in [7, 11) is -2.56. The first kappa shape index (κ1) is 24.8. The van der Waals surface area contributed by atoms with E-state index in [-0.39, 0.29) is 17.9 Å². The zero-order chi connectivity index (χ0) is 25.2. The molecule has 0 unspecified atom stereocenters. The summed E-state index contributed by atoms with van der Waals surface area (Å²) < 4.78 is 46.2. The first-order valence-electron chi connectivity index (χ1n) is 11.6. The number of esters is 1. The highest BCUT2D eigenvalue weighted by Gasteiger charge is 2.59. The zero-order valence-electron chi connectivity index (χ0n) is 20.4. The van der Waals surface area contributed by atoms with Crippen LogP contribution in [0.2, 0.25) is 0 Å². The molecule has 0 radical (unpaired) electrons. The number of hydrogen-bond donors (Lipinski definition) is 0. The summed E-state index contributed by atoms with van der Waals surface area (Å²) in [5, 5.41) is 0. The lowest BCUT2D eigenvalue weighted by Crippen LogP contribution is -2.59. The smallest absolute Gasteiger partial charge is 0.337 e. The van der Waals surface area contributed by atoms with Crippen LogP contribution in [-0.2, 0) is 30.7 Å². The van der Waals surface area contributed by atoms with Gasteiger partial charge in [-0.15, -0.1) is 0 Å². The van der Waals surface area contributed by atoms with E-state index in [1.165, 1.54) is 6.34 Å². The van der Waals surface area contributed by atoms with E-state index in [1.807, 2.05) is 38.1 Å². The van der Waals surface area contributed by atoms with E-state index in [0.29, 0.717) is 17.9 Å². The van der Waals surface area contributed by atoms with Crippen molar-refractivity contribution in [2.75, 3.05) is 13.7 Å². The number of sulfonamides is 1. The molecule has 1 spiro atoms. The zero-order valence-corrected chi connectivity index (χ0v) is 21.2. The predicted molar refractivity (Wildman–Crippen MR) is 133 cm³/mol. The third kappa shape index (κ3) is 4.52. The van der Waals surface area contributed by atoms with Crippen LogP contribution in [-0.4, -0.2) is 50.5 Å². The van der Waals surface area contributed by atoms with Crippen molar-refractivity contribution in [3.8, 4) is 5.75 Å². The van der Waals surface area contributed by atoms with Crippen LogP contribution in [0.25, 0.3) is 6.08 Å². The van der Waals surface area contributed by atoms with E-state index in [4.69, 9.17) is 14.2 Å². The van der Waals surface area contributed by atoms with Gasteiger partial charge in [0.15, 0.2) is 0 Å². The van der Waals surface area contributed by atoms with Crippen LogP contribution in [0.3, 0.4) is 0 Å². The number of aryl methyl sites for hydroxylation is 1. The largest absolute Gasteiger partial charge is 0.497 e. The number of rotatable bonds is 7. The highest BCUT2D eigenvalue weighted by atomic mass is 32.2. The molecule has 0 aliphatic carbocycles. The third-order valence-electron chi connectivity index (χ3n) is 6.12.